The molecule has 0 aromatic heterocycles. The van der Waals surface area contributed by atoms with Crippen molar-refractivity contribution >= 4 is 0 Å². The van der Waals surface area contributed by atoms with Crippen molar-refractivity contribution in [2.75, 3.05) is 0 Å². The molecule has 0 aliphatic carbocycles. The second-order valence-electron chi connectivity index (χ2n) is 7.13. The molecule has 0 amide bonds. The highest BCUT2D eigenvalue weighted by Gasteiger charge is 2.33. The van der Waals surface area contributed by atoms with E-state index in [0.29, 0.717) is 0 Å². The van der Waals surface area contributed by atoms with E-state index in [0.717, 1.165) is 27.8 Å². The van der Waals surface area contributed by atoms with Gasteiger partial charge >= 0.3 is 0 Å². The van der Waals surface area contributed by atoms with Gasteiger partial charge in [0.15, 0.2) is 0 Å². The van der Waals surface area contributed by atoms with Gasteiger partial charge in [0.2, 0.25) is 0 Å². The summed E-state index contributed by atoms with van der Waals surface area (Å²) in [5.74, 6) is 0.487. The Morgan fingerprint density at radius 2 is 1.00 bits per heavy atom. The summed E-state index contributed by atoms with van der Waals surface area (Å²) in [6, 6.07) is 33.5. The number of hydrogen-bond acceptors (Lipinski definition) is 2. The van der Waals surface area contributed by atoms with Gasteiger partial charge in [0, 0.05) is 5.41 Å². The molecule has 0 bridgehead atoms. The molecule has 138 valence electrons. The lowest BCUT2D eigenvalue weighted by molar-refractivity contribution is 0.474. The fourth-order valence-corrected chi connectivity index (χ4v) is 3.86. The fraction of sp³-hybridized carbons (Fsp3) is 0.0769. The van der Waals surface area contributed by atoms with Crippen LogP contribution in [0.2, 0.25) is 0 Å². The molecule has 2 N–H and O–H groups in total. The van der Waals surface area contributed by atoms with Crippen molar-refractivity contribution < 1.29 is 10.2 Å². The Kier molecular flexibility index (Phi) is 4.62. The van der Waals surface area contributed by atoms with Gasteiger partial charge in [-0.2, -0.15) is 0 Å². The van der Waals surface area contributed by atoms with Gasteiger partial charge in [-0.25, -0.2) is 0 Å². The molecule has 28 heavy (non-hydrogen) atoms. The molecule has 4 aromatic carbocycles. The molecule has 0 unspecified atom stereocenters. The van der Waals surface area contributed by atoms with Gasteiger partial charge in [0.25, 0.3) is 0 Å². The largest absolute Gasteiger partial charge is 0.508 e. The van der Waals surface area contributed by atoms with Crippen LogP contribution >= 0.6 is 0 Å². The Hall–Kier alpha value is -3.52. The highest BCUT2D eigenvalue weighted by atomic mass is 16.3. The van der Waals surface area contributed by atoms with Crippen LogP contribution in [-0.2, 0) is 5.41 Å². The van der Waals surface area contributed by atoms with Crippen molar-refractivity contribution in [2.45, 2.75) is 12.3 Å². The van der Waals surface area contributed by atoms with Crippen LogP contribution in [0.5, 0.6) is 11.5 Å². The van der Waals surface area contributed by atoms with E-state index in [1.165, 1.54) is 0 Å². The van der Waals surface area contributed by atoms with Crippen LogP contribution in [0.15, 0.2) is 103 Å². The van der Waals surface area contributed by atoms with E-state index in [1.807, 2.05) is 42.5 Å². The molecular weight excluding hydrogens is 344 g/mol. The first kappa shape index (κ1) is 17.9. The number of hydrogen-bond donors (Lipinski definition) is 2. The first-order valence-corrected chi connectivity index (χ1v) is 9.33. The molecule has 2 heteroatoms. The summed E-state index contributed by atoms with van der Waals surface area (Å²) < 4.78 is 0. The van der Waals surface area contributed by atoms with Gasteiger partial charge in [-0.1, -0.05) is 78.9 Å². The van der Waals surface area contributed by atoms with Gasteiger partial charge < -0.3 is 10.2 Å². The second kappa shape index (κ2) is 7.24. The predicted molar refractivity (Wildman–Crippen MR) is 114 cm³/mol. The predicted octanol–water partition coefficient (Wildman–Crippen LogP) is 6.12. The van der Waals surface area contributed by atoms with E-state index in [-0.39, 0.29) is 11.5 Å². The van der Waals surface area contributed by atoms with Crippen molar-refractivity contribution in [3.05, 3.63) is 120 Å². The number of rotatable bonds is 4. The molecule has 0 atom stereocenters. The summed E-state index contributed by atoms with van der Waals surface area (Å²) in [6.07, 6.45) is 0. The zero-order valence-electron chi connectivity index (χ0n) is 15.7. The normalized spacial score (nSPS) is 11.3. The third-order valence-corrected chi connectivity index (χ3v) is 5.44. The molecule has 0 radical (unpaired) electrons. The fourth-order valence-electron chi connectivity index (χ4n) is 3.86. The lowest BCUT2D eigenvalue weighted by Crippen LogP contribution is -2.26. The maximum atomic E-state index is 9.80. The zero-order chi connectivity index (χ0) is 19.6. The lowest BCUT2D eigenvalue weighted by atomic mass is 9.69. The maximum absolute atomic E-state index is 9.80. The highest BCUT2D eigenvalue weighted by Crippen LogP contribution is 2.43. The van der Waals surface area contributed by atoms with E-state index in [9.17, 15) is 10.2 Å². The van der Waals surface area contributed by atoms with E-state index < -0.39 is 5.41 Å². The Bertz CT molecular complexity index is 1020. The van der Waals surface area contributed by atoms with E-state index in [4.69, 9.17) is 0 Å². The van der Waals surface area contributed by atoms with Gasteiger partial charge in [-0.15, -0.1) is 0 Å². The van der Waals surface area contributed by atoms with Gasteiger partial charge in [-0.05, 0) is 59.0 Å². The molecule has 0 heterocycles. The van der Waals surface area contributed by atoms with Crippen LogP contribution in [-0.4, -0.2) is 10.2 Å². The van der Waals surface area contributed by atoms with Crippen LogP contribution in [0.25, 0.3) is 11.1 Å². The molecule has 0 aliphatic rings. The molecule has 4 rings (SSSR count). The summed E-state index contributed by atoms with van der Waals surface area (Å²) in [5.41, 5.74) is 5.15. The average Bonchev–Trinajstić information content (AvgIpc) is 2.75. The smallest absolute Gasteiger partial charge is 0.115 e. The number of phenols is 2. The summed E-state index contributed by atoms with van der Waals surface area (Å²) in [7, 11) is 0. The Morgan fingerprint density at radius 3 is 1.54 bits per heavy atom. The van der Waals surface area contributed by atoms with Crippen LogP contribution < -0.4 is 0 Å². The molecule has 4 aromatic rings. The van der Waals surface area contributed by atoms with Crippen LogP contribution in [0.3, 0.4) is 0 Å². The minimum atomic E-state index is -0.464. The van der Waals surface area contributed by atoms with E-state index >= 15 is 0 Å². The minimum absolute atomic E-state index is 0.244. The van der Waals surface area contributed by atoms with E-state index in [1.54, 1.807) is 24.3 Å². The number of aromatic hydroxyl groups is 2. The second-order valence-corrected chi connectivity index (χ2v) is 7.13. The standard InChI is InChI=1S/C26H22O2/c1-26(20-11-15-22(27)16-12-20,21-13-17-23(28)18-14-21)25-10-6-5-9-24(25)19-7-3-2-4-8-19/h2-18,27-28H,1H3. The first-order valence-electron chi connectivity index (χ1n) is 9.33. The molecule has 0 saturated heterocycles. The molecule has 0 saturated carbocycles. The Morgan fingerprint density at radius 1 is 0.536 bits per heavy atom. The van der Waals surface area contributed by atoms with Crippen LogP contribution in [0, 0.1) is 0 Å². The number of phenolic OH excluding ortho intramolecular Hbond substituents is 2. The summed E-state index contributed by atoms with van der Waals surface area (Å²) in [4.78, 5) is 0. The minimum Gasteiger partial charge on any atom is -0.508 e. The molecule has 0 spiro atoms. The summed E-state index contributed by atoms with van der Waals surface area (Å²) >= 11 is 0. The monoisotopic (exact) mass is 366 g/mol. The quantitative estimate of drug-likeness (QED) is 0.427. The third-order valence-electron chi connectivity index (χ3n) is 5.44. The summed E-state index contributed by atoms with van der Waals surface area (Å²) in [6.45, 7) is 2.19. The Labute approximate surface area is 165 Å². The van der Waals surface area contributed by atoms with Crippen LogP contribution in [0.4, 0.5) is 0 Å². The number of benzene rings is 4. The molecular formula is C26H22O2. The van der Waals surface area contributed by atoms with Gasteiger partial charge in [-0.3, -0.25) is 0 Å². The van der Waals surface area contributed by atoms with Crippen molar-refractivity contribution in [2.24, 2.45) is 0 Å². The molecule has 0 fully saturated rings. The highest BCUT2D eigenvalue weighted by molar-refractivity contribution is 5.72. The lowest BCUT2D eigenvalue weighted by Gasteiger charge is -2.34. The Balaban J connectivity index is 2.00. The van der Waals surface area contributed by atoms with Crippen molar-refractivity contribution in [3.63, 3.8) is 0 Å². The third kappa shape index (κ3) is 3.14. The van der Waals surface area contributed by atoms with Crippen molar-refractivity contribution in [3.8, 4) is 22.6 Å². The first-order chi connectivity index (χ1) is 13.6. The van der Waals surface area contributed by atoms with E-state index in [2.05, 4.69) is 43.3 Å². The topological polar surface area (TPSA) is 40.5 Å². The van der Waals surface area contributed by atoms with Gasteiger partial charge in [0.05, 0.1) is 0 Å². The zero-order valence-corrected chi connectivity index (χ0v) is 15.7. The van der Waals surface area contributed by atoms with Crippen LogP contribution in [0.1, 0.15) is 23.6 Å². The SMILES string of the molecule is CC(c1ccc(O)cc1)(c1ccc(O)cc1)c1ccccc1-c1ccccc1. The van der Waals surface area contributed by atoms with Crippen molar-refractivity contribution in [1.82, 2.24) is 0 Å². The van der Waals surface area contributed by atoms with Crippen molar-refractivity contribution in [1.29, 1.82) is 0 Å². The van der Waals surface area contributed by atoms with Gasteiger partial charge in [0.1, 0.15) is 11.5 Å². The molecule has 2 nitrogen and oxygen atoms in total. The molecule has 0 aliphatic heterocycles. The average molecular weight is 366 g/mol. The summed E-state index contributed by atoms with van der Waals surface area (Å²) in [5, 5.41) is 19.6. The maximum Gasteiger partial charge on any atom is 0.115 e.